The van der Waals surface area contributed by atoms with Gasteiger partial charge in [0.25, 0.3) is 0 Å². The Balaban J connectivity index is 1.94. The Kier molecular flexibility index (Phi) is 7.41. The molecule has 0 aliphatic rings. The van der Waals surface area contributed by atoms with Gasteiger partial charge in [0.2, 0.25) is 5.91 Å². The molecule has 0 spiro atoms. The summed E-state index contributed by atoms with van der Waals surface area (Å²) in [7, 11) is -1.47. The van der Waals surface area contributed by atoms with E-state index >= 15 is 0 Å². The molecular weight excluding hydrogens is 326 g/mol. The Morgan fingerprint density at radius 1 is 1.00 bits per heavy atom. The van der Waals surface area contributed by atoms with Crippen molar-refractivity contribution in [1.82, 2.24) is 5.32 Å². The van der Waals surface area contributed by atoms with Crippen molar-refractivity contribution in [2.75, 3.05) is 13.2 Å². The number of rotatable bonds is 9. The third-order valence-electron chi connectivity index (χ3n) is 3.96. The summed E-state index contributed by atoms with van der Waals surface area (Å²) in [5.41, 5.74) is 2.23. The van der Waals surface area contributed by atoms with Crippen LogP contribution in [-0.2, 0) is 15.6 Å². The molecule has 0 aromatic heterocycles. The minimum Gasteiger partial charge on any atom is -0.418 e. The second-order valence-electron chi connectivity index (χ2n) is 7.26. The van der Waals surface area contributed by atoms with E-state index in [0.717, 1.165) is 12.0 Å². The zero-order valence-corrected chi connectivity index (χ0v) is 16.5. The monoisotopic (exact) mass is 355 g/mol. The summed E-state index contributed by atoms with van der Waals surface area (Å²) in [5.74, 6) is -0.0791. The molecule has 25 heavy (non-hydrogen) atoms. The predicted molar refractivity (Wildman–Crippen MR) is 106 cm³/mol. The molecule has 0 saturated carbocycles. The van der Waals surface area contributed by atoms with Crippen LogP contribution in [0.15, 0.2) is 60.7 Å². The van der Waals surface area contributed by atoms with Crippen LogP contribution in [0.2, 0.25) is 19.6 Å². The molecule has 0 saturated heterocycles. The molecule has 0 heterocycles. The summed E-state index contributed by atoms with van der Waals surface area (Å²) in [6, 6.07) is 20.2. The fraction of sp³-hybridized carbons (Fsp3) is 0.381. The highest BCUT2D eigenvalue weighted by Crippen LogP contribution is 2.21. The summed E-state index contributed by atoms with van der Waals surface area (Å²) >= 11 is 0. The second-order valence-corrected chi connectivity index (χ2v) is 11.8. The molecule has 2 aromatic rings. The van der Waals surface area contributed by atoms with Gasteiger partial charge in [0, 0.05) is 13.2 Å². The summed E-state index contributed by atoms with van der Waals surface area (Å²) in [5, 5.41) is 3.08. The van der Waals surface area contributed by atoms with Crippen LogP contribution in [0.3, 0.4) is 0 Å². The van der Waals surface area contributed by atoms with E-state index in [4.69, 9.17) is 4.43 Å². The second kappa shape index (κ2) is 9.54. The van der Waals surface area contributed by atoms with Gasteiger partial charge in [-0.3, -0.25) is 4.79 Å². The summed E-state index contributed by atoms with van der Waals surface area (Å²) in [6.45, 7) is 7.90. The van der Waals surface area contributed by atoms with Crippen molar-refractivity contribution in [3.05, 3.63) is 71.8 Å². The van der Waals surface area contributed by atoms with E-state index in [0.29, 0.717) is 19.6 Å². The lowest BCUT2D eigenvalue weighted by molar-refractivity contribution is -0.122. The van der Waals surface area contributed by atoms with Gasteiger partial charge in [-0.2, -0.15) is 0 Å². The van der Waals surface area contributed by atoms with Gasteiger partial charge in [-0.1, -0.05) is 60.7 Å². The molecule has 4 heteroatoms. The number of amides is 1. The normalized spacial score (nSPS) is 12.6. The Morgan fingerprint density at radius 3 is 2.20 bits per heavy atom. The third kappa shape index (κ3) is 7.24. The van der Waals surface area contributed by atoms with E-state index < -0.39 is 8.32 Å². The van der Waals surface area contributed by atoms with Crippen molar-refractivity contribution >= 4 is 14.2 Å². The van der Waals surface area contributed by atoms with Gasteiger partial charge in [-0.15, -0.1) is 0 Å². The minimum atomic E-state index is -1.47. The molecule has 1 atom stereocenters. The van der Waals surface area contributed by atoms with Crippen LogP contribution in [0.5, 0.6) is 0 Å². The van der Waals surface area contributed by atoms with Crippen LogP contribution < -0.4 is 5.32 Å². The topological polar surface area (TPSA) is 38.3 Å². The average Bonchev–Trinajstić information content (AvgIpc) is 2.60. The highest BCUT2D eigenvalue weighted by Gasteiger charge is 2.20. The van der Waals surface area contributed by atoms with E-state index in [-0.39, 0.29) is 11.8 Å². The SMILES string of the molecule is C[Si](C)(C)OCCCNC(=O)C(Cc1ccccc1)c1ccccc1. The summed E-state index contributed by atoms with van der Waals surface area (Å²) in [4.78, 5) is 12.8. The molecular formula is C21H29NO2Si. The molecule has 2 aromatic carbocycles. The highest BCUT2D eigenvalue weighted by molar-refractivity contribution is 6.69. The first-order valence-corrected chi connectivity index (χ1v) is 12.4. The first-order valence-electron chi connectivity index (χ1n) is 8.96. The summed E-state index contributed by atoms with van der Waals surface area (Å²) in [6.07, 6.45) is 1.56. The van der Waals surface area contributed by atoms with E-state index in [1.54, 1.807) is 0 Å². The van der Waals surface area contributed by atoms with Gasteiger partial charge in [0.15, 0.2) is 8.32 Å². The van der Waals surface area contributed by atoms with Crippen LogP contribution in [0.1, 0.15) is 23.5 Å². The third-order valence-corrected chi connectivity index (χ3v) is 5.03. The molecule has 0 aliphatic heterocycles. The minimum absolute atomic E-state index is 0.0862. The molecule has 0 bridgehead atoms. The number of hydrogen-bond donors (Lipinski definition) is 1. The van der Waals surface area contributed by atoms with Crippen molar-refractivity contribution in [2.24, 2.45) is 0 Å². The first kappa shape index (κ1) is 19.4. The van der Waals surface area contributed by atoms with Crippen LogP contribution in [0, 0.1) is 0 Å². The van der Waals surface area contributed by atoms with Gasteiger partial charge >= 0.3 is 0 Å². The standard InChI is InChI=1S/C21H29NO2Si/c1-25(2,3)24-16-10-15-22-21(23)20(19-13-8-5-9-14-19)17-18-11-6-4-7-12-18/h4-9,11-14,20H,10,15-17H2,1-3H3,(H,22,23). The molecule has 1 N–H and O–H groups in total. The van der Waals surface area contributed by atoms with E-state index in [2.05, 4.69) is 37.1 Å². The zero-order chi connectivity index (χ0) is 18.1. The molecule has 0 aliphatic carbocycles. The van der Waals surface area contributed by atoms with Crippen LogP contribution >= 0.6 is 0 Å². The molecule has 3 nitrogen and oxygen atoms in total. The molecule has 1 amide bonds. The maximum atomic E-state index is 12.8. The lowest BCUT2D eigenvalue weighted by atomic mass is 9.91. The van der Waals surface area contributed by atoms with Crippen LogP contribution in [-0.4, -0.2) is 27.4 Å². The van der Waals surface area contributed by atoms with E-state index in [1.807, 2.05) is 48.5 Å². The number of carbonyl (C=O) groups is 1. The fourth-order valence-corrected chi connectivity index (χ4v) is 3.44. The maximum absolute atomic E-state index is 12.8. The average molecular weight is 356 g/mol. The molecule has 2 rings (SSSR count). The smallest absolute Gasteiger partial charge is 0.227 e. The number of benzene rings is 2. The molecule has 134 valence electrons. The predicted octanol–water partition coefficient (Wildman–Crippen LogP) is 4.37. The lowest BCUT2D eigenvalue weighted by Crippen LogP contribution is -2.33. The number of nitrogens with one attached hydrogen (secondary N) is 1. The number of carbonyl (C=O) groups excluding carboxylic acids is 1. The first-order chi connectivity index (χ1) is 12.0. The highest BCUT2D eigenvalue weighted by atomic mass is 28.4. The van der Waals surface area contributed by atoms with Crippen molar-refractivity contribution in [3.8, 4) is 0 Å². The van der Waals surface area contributed by atoms with Crippen molar-refractivity contribution in [2.45, 2.75) is 38.4 Å². The maximum Gasteiger partial charge on any atom is 0.227 e. The largest absolute Gasteiger partial charge is 0.418 e. The molecule has 1 unspecified atom stereocenters. The Bertz CT molecular complexity index is 638. The van der Waals surface area contributed by atoms with E-state index in [1.165, 1.54) is 5.56 Å². The van der Waals surface area contributed by atoms with Crippen molar-refractivity contribution in [3.63, 3.8) is 0 Å². The van der Waals surface area contributed by atoms with Gasteiger partial charge in [0.05, 0.1) is 5.92 Å². The van der Waals surface area contributed by atoms with Crippen molar-refractivity contribution < 1.29 is 9.22 Å². The van der Waals surface area contributed by atoms with E-state index in [9.17, 15) is 4.79 Å². The fourth-order valence-electron chi connectivity index (χ4n) is 2.68. The van der Waals surface area contributed by atoms with Crippen molar-refractivity contribution in [1.29, 1.82) is 0 Å². The van der Waals surface area contributed by atoms with Gasteiger partial charge in [0.1, 0.15) is 0 Å². The Morgan fingerprint density at radius 2 is 1.60 bits per heavy atom. The van der Waals surface area contributed by atoms with Crippen LogP contribution in [0.4, 0.5) is 0 Å². The van der Waals surface area contributed by atoms with Gasteiger partial charge < -0.3 is 9.74 Å². The lowest BCUT2D eigenvalue weighted by Gasteiger charge is -2.19. The van der Waals surface area contributed by atoms with Gasteiger partial charge in [-0.25, -0.2) is 0 Å². The molecule has 0 fully saturated rings. The van der Waals surface area contributed by atoms with Crippen LogP contribution in [0.25, 0.3) is 0 Å². The molecule has 0 radical (unpaired) electrons. The summed E-state index contributed by atoms with van der Waals surface area (Å²) < 4.78 is 5.84. The van der Waals surface area contributed by atoms with Gasteiger partial charge in [-0.05, 0) is 43.6 Å². The Hall–Kier alpha value is -1.91. The Labute approximate surface area is 152 Å². The number of hydrogen-bond acceptors (Lipinski definition) is 2. The zero-order valence-electron chi connectivity index (χ0n) is 15.5. The quantitative estimate of drug-likeness (QED) is 0.536.